The Morgan fingerprint density at radius 1 is 1.22 bits per heavy atom. The molecule has 2 amide bonds. The minimum absolute atomic E-state index is 0.122. The molecular formula is C22H19ClF2N4O3. The van der Waals surface area contributed by atoms with Crippen LogP contribution in [0.25, 0.3) is 0 Å². The van der Waals surface area contributed by atoms with Gasteiger partial charge >= 0.3 is 6.09 Å². The van der Waals surface area contributed by atoms with Crippen LogP contribution in [0.2, 0.25) is 5.02 Å². The first-order valence-corrected chi connectivity index (χ1v) is 10.3. The predicted molar refractivity (Wildman–Crippen MR) is 114 cm³/mol. The molecule has 166 valence electrons. The number of aromatic nitrogens is 2. The van der Waals surface area contributed by atoms with Crippen molar-refractivity contribution < 1.29 is 23.1 Å². The van der Waals surface area contributed by atoms with Gasteiger partial charge in [-0.3, -0.25) is 4.79 Å². The van der Waals surface area contributed by atoms with E-state index < -0.39 is 29.7 Å². The number of halogens is 3. The summed E-state index contributed by atoms with van der Waals surface area (Å²) in [5, 5.41) is 5.19. The zero-order valence-electron chi connectivity index (χ0n) is 16.8. The molecule has 32 heavy (non-hydrogen) atoms. The van der Waals surface area contributed by atoms with Crippen LogP contribution >= 0.6 is 11.6 Å². The summed E-state index contributed by atoms with van der Waals surface area (Å²) in [5.74, 6) is -1.59. The van der Waals surface area contributed by atoms with E-state index in [9.17, 15) is 18.4 Å². The van der Waals surface area contributed by atoms with Gasteiger partial charge in [-0.05, 0) is 48.7 Å². The number of ether oxygens (including phenoxy) is 1. The molecule has 2 N–H and O–H groups in total. The molecule has 1 atom stereocenters. The van der Waals surface area contributed by atoms with Crippen molar-refractivity contribution in [1.82, 2.24) is 14.9 Å². The number of anilines is 1. The Morgan fingerprint density at radius 3 is 2.78 bits per heavy atom. The molecule has 0 aliphatic heterocycles. The highest BCUT2D eigenvalue weighted by Crippen LogP contribution is 2.36. The maximum Gasteiger partial charge on any atom is 0.407 e. The van der Waals surface area contributed by atoms with Crippen LogP contribution in [-0.2, 0) is 17.7 Å². The third-order valence-corrected chi connectivity index (χ3v) is 5.48. The second-order valence-corrected chi connectivity index (χ2v) is 7.65. The van der Waals surface area contributed by atoms with Gasteiger partial charge in [0.1, 0.15) is 18.2 Å². The zero-order chi connectivity index (χ0) is 22.7. The molecule has 3 aromatic rings. The van der Waals surface area contributed by atoms with Gasteiger partial charge in [0.2, 0.25) is 0 Å². The van der Waals surface area contributed by atoms with E-state index in [-0.39, 0.29) is 22.8 Å². The molecule has 1 aromatic heterocycles. The molecule has 7 nitrogen and oxygen atoms in total. The Bertz CT molecular complexity index is 1150. The van der Waals surface area contributed by atoms with Gasteiger partial charge in [0, 0.05) is 29.2 Å². The molecule has 0 fully saturated rings. The van der Waals surface area contributed by atoms with Gasteiger partial charge in [-0.25, -0.2) is 18.6 Å². The van der Waals surface area contributed by atoms with E-state index in [4.69, 9.17) is 16.3 Å². The number of imidazole rings is 1. The van der Waals surface area contributed by atoms with E-state index in [1.807, 2.05) is 0 Å². The summed E-state index contributed by atoms with van der Waals surface area (Å²) >= 11 is 5.76. The molecule has 0 radical (unpaired) electrons. The molecule has 1 aliphatic carbocycles. The van der Waals surface area contributed by atoms with Gasteiger partial charge in [0.15, 0.2) is 0 Å². The summed E-state index contributed by atoms with van der Waals surface area (Å²) < 4.78 is 34.9. The Morgan fingerprint density at radius 2 is 2.03 bits per heavy atom. The van der Waals surface area contributed by atoms with E-state index in [1.165, 1.54) is 24.3 Å². The second-order valence-electron chi connectivity index (χ2n) is 7.24. The second kappa shape index (κ2) is 9.35. The first-order chi connectivity index (χ1) is 15.4. The molecule has 10 heteroatoms. The quantitative estimate of drug-likeness (QED) is 0.568. The SMILES string of the molecule is O=C(N[C@H]1CCc2c(C(=O)Nc3ccc(F)c(Cl)c3)ccc(F)c21)OCCn1ccnc1. The third-order valence-electron chi connectivity index (χ3n) is 5.19. The monoisotopic (exact) mass is 460 g/mol. The first kappa shape index (κ1) is 21.8. The lowest BCUT2D eigenvalue weighted by molar-refractivity contribution is 0.102. The number of carbonyl (C=O) groups is 2. The van der Waals surface area contributed by atoms with E-state index >= 15 is 0 Å². The number of carbonyl (C=O) groups excluding carboxylic acids is 2. The number of nitrogens with one attached hydrogen (secondary N) is 2. The fraction of sp³-hybridized carbons (Fsp3) is 0.227. The number of hydrogen-bond donors (Lipinski definition) is 2. The number of fused-ring (bicyclic) bond motifs is 1. The van der Waals surface area contributed by atoms with Crippen LogP contribution in [0, 0.1) is 11.6 Å². The van der Waals surface area contributed by atoms with Crippen molar-refractivity contribution in [3.8, 4) is 0 Å². The lowest BCUT2D eigenvalue weighted by Crippen LogP contribution is -2.29. The number of hydrogen-bond acceptors (Lipinski definition) is 4. The van der Waals surface area contributed by atoms with Crippen LogP contribution in [0.1, 0.15) is 33.9 Å². The fourth-order valence-corrected chi connectivity index (χ4v) is 3.87. The van der Waals surface area contributed by atoms with Crippen LogP contribution in [-0.4, -0.2) is 28.2 Å². The van der Waals surface area contributed by atoms with Crippen LogP contribution in [0.4, 0.5) is 19.3 Å². The van der Waals surface area contributed by atoms with Crippen molar-refractivity contribution in [1.29, 1.82) is 0 Å². The summed E-state index contributed by atoms with van der Waals surface area (Å²) in [6.45, 7) is 0.577. The Balaban J connectivity index is 1.44. The maximum atomic E-state index is 14.6. The smallest absolute Gasteiger partial charge is 0.407 e. The van der Waals surface area contributed by atoms with Gasteiger partial charge in [-0.1, -0.05) is 11.6 Å². The van der Waals surface area contributed by atoms with E-state index in [0.717, 1.165) is 6.07 Å². The van der Waals surface area contributed by atoms with Crippen LogP contribution < -0.4 is 10.6 Å². The number of rotatable bonds is 6. The predicted octanol–water partition coefficient (Wildman–Crippen LogP) is 4.48. The number of amides is 2. The van der Waals surface area contributed by atoms with Crippen molar-refractivity contribution in [2.75, 3.05) is 11.9 Å². The highest BCUT2D eigenvalue weighted by molar-refractivity contribution is 6.31. The zero-order valence-corrected chi connectivity index (χ0v) is 17.5. The van der Waals surface area contributed by atoms with Gasteiger partial charge in [-0.2, -0.15) is 0 Å². The molecule has 2 aromatic carbocycles. The molecule has 0 saturated heterocycles. The van der Waals surface area contributed by atoms with Crippen molar-refractivity contribution in [2.24, 2.45) is 0 Å². The molecule has 0 saturated carbocycles. The van der Waals surface area contributed by atoms with E-state index in [2.05, 4.69) is 15.6 Å². The summed E-state index contributed by atoms with van der Waals surface area (Å²) in [6.07, 6.45) is 5.14. The summed E-state index contributed by atoms with van der Waals surface area (Å²) in [7, 11) is 0. The average Bonchev–Trinajstić information content (AvgIpc) is 3.42. The molecular weight excluding hydrogens is 442 g/mol. The Hall–Kier alpha value is -3.46. The highest BCUT2D eigenvalue weighted by Gasteiger charge is 2.31. The first-order valence-electron chi connectivity index (χ1n) is 9.89. The number of benzene rings is 2. The number of nitrogens with zero attached hydrogens (tertiary/aromatic N) is 2. The van der Waals surface area contributed by atoms with Crippen molar-refractivity contribution in [3.63, 3.8) is 0 Å². The standard InChI is InChI=1S/C22H19ClF2N4O3/c23-16-11-13(1-4-17(16)24)27-21(30)15-2-5-18(25)20-14(15)3-6-19(20)28-22(31)32-10-9-29-8-7-26-12-29/h1-2,4-5,7-8,11-12,19H,3,6,9-10H2,(H,27,30)(H,28,31)/t19-/m0/s1. The Labute approximate surface area is 187 Å². The normalized spacial score (nSPS) is 14.7. The highest BCUT2D eigenvalue weighted by atomic mass is 35.5. The number of alkyl carbamates (subject to hydrolysis) is 1. The van der Waals surface area contributed by atoms with Crippen LogP contribution in [0.3, 0.4) is 0 Å². The fourth-order valence-electron chi connectivity index (χ4n) is 3.69. The van der Waals surface area contributed by atoms with Crippen molar-refractivity contribution in [2.45, 2.75) is 25.4 Å². The molecule has 1 heterocycles. The molecule has 1 aliphatic rings. The maximum absolute atomic E-state index is 14.6. The summed E-state index contributed by atoms with van der Waals surface area (Å²) in [4.78, 5) is 28.8. The van der Waals surface area contributed by atoms with Crippen LogP contribution in [0.15, 0.2) is 49.1 Å². The van der Waals surface area contributed by atoms with E-state index in [0.29, 0.717) is 30.6 Å². The lowest BCUT2D eigenvalue weighted by atomic mass is 10.0. The molecule has 4 rings (SSSR count). The summed E-state index contributed by atoms with van der Waals surface area (Å²) in [6, 6.07) is 5.79. The van der Waals surface area contributed by atoms with E-state index in [1.54, 1.807) is 23.3 Å². The van der Waals surface area contributed by atoms with Crippen LogP contribution in [0.5, 0.6) is 0 Å². The van der Waals surface area contributed by atoms with Gasteiger partial charge in [0.05, 0.1) is 23.9 Å². The molecule has 0 bridgehead atoms. The van der Waals surface area contributed by atoms with Gasteiger partial charge in [-0.15, -0.1) is 0 Å². The summed E-state index contributed by atoms with van der Waals surface area (Å²) in [5.41, 5.74) is 1.37. The van der Waals surface area contributed by atoms with Gasteiger partial charge < -0.3 is 19.9 Å². The minimum atomic E-state index is -0.668. The third kappa shape index (κ3) is 4.72. The Kier molecular flexibility index (Phi) is 6.36. The van der Waals surface area contributed by atoms with Crippen molar-refractivity contribution in [3.05, 3.63) is 82.4 Å². The van der Waals surface area contributed by atoms with Gasteiger partial charge in [0.25, 0.3) is 5.91 Å². The average molecular weight is 461 g/mol. The topological polar surface area (TPSA) is 85.3 Å². The lowest BCUT2D eigenvalue weighted by Gasteiger charge is -2.16. The van der Waals surface area contributed by atoms with Crippen molar-refractivity contribution >= 4 is 29.3 Å². The molecule has 0 spiro atoms. The molecule has 0 unspecified atom stereocenters. The largest absolute Gasteiger partial charge is 0.448 e. The minimum Gasteiger partial charge on any atom is -0.448 e.